The van der Waals surface area contributed by atoms with Gasteiger partial charge < -0.3 is 9.80 Å². The zero-order chi connectivity index (χ0) is 26.6. The maximum atomic E-state index is 5.49. The van der Waals surface area contributed by atoms with Crippen molar-refractivity contribution in [3.63, 3.8) is 0 Å². The van der Waals surface area contributed by atoms with Crippen molar-refractivity contribution in [2.75, 3.05) is 31.1 Å². The second-order valence-corrected chi connectivity index (χ2v) is 12.4. The molecule has 1 fully saturated rings. The van der Waals surface area contributed by atoms with Gasteiger partial charge in [0.15, 0.2) is 0 Å². The van der Waals surface area contributed by atoms with Crippen LogP contribution in [-0.2, 0) is 0 Å². The quantitative estimate of drug-likeness (QED) is 0.426. The van der Waals surface area contributed by atoms with Crippen LogP contribution in [-0.4, -0.2) is 54.6 Å². The van der Waals surface area contributed by atoms with E-state index in [1.54, 1.807) is 5.56 Å². The molecule has 0 radical (unpaired) electrons. The van der Waals surface area contributed by atoms with E-state index >= 15 is 0 Å². The number of piperidine rings is 1. The molecule has 4 nitrogen and oxygen atoms in total. The third kappa shape index (κ3) is 4.06. The molecule has 1 saturated heterocycles. The summed E-state index contributed by atoms with van der Waals surface area (Å²) in [6.07, 6.45) is 23.4. The Bertz CT molecular complexity index is 1370. The third-order valence-electron chi connectivity index (χ3n) is 10.2. The minimum Gasteiger partial charge on any atom is -0.367 e. The monoisotopic (exact) mass is 518 g/mol. The molecular weight excluding hydrogens is 476 g/mol. The van der Waals surface area contributed by atoms with Crippen LogP contribution in [0.5, 0.6) is 0 Å². The highest BCUT2D eigenvalue weighted by molar-refractivity contribution is 6.07. The van der Waals surface area contributed by atoms with Crippen molar-refractivity contribution in [1.29, 1.82) is 0 Å². The van der Waals surface area contributed by atoms with Crippen LogP contribution in [0.15, 0.2) is 87.6 Å². The minimum absolute atomic E-state index is 0.324. The van der Waals surface area contributed by atoms with Gasteiger partial charge in [-0.05, 0) is 104 Å². The number of likely N-dealkylation sites (tertiary alicyclic amines) is 1. The molecule has 4 heteroatoms. The first-order valence-electron chi connectivity index (χ1n) is 15.3. The molecule has 0 N–H and O–H groups in total. The standard InChI is InChI=1S/C35H42N4/c1-4-38-19-15-28-30-21-25(10-12-33(30)39(5-2)34(28)23-38)26-20-27-8-6-7-16-35(27)31(22-26)29-14-18-36-17-13-24(3)9-11-32(29)37-35/h6-8,10,12,14,16-18,20-21,24,26,28,34H,4-5,9,11,13,15,19,22-23H2,1-3H3/b18-14-,36-17-. The summed E-state index contributed by atoms with van der Waals surface area (Å²) in [6.45, 7) is 11.6. The molecule has 202 valence electrons. The number of hydrogen-bond donors (Lipinski definition) is 0. The lowest BCUT2D eigenvalue weighted by atomic mass is 9.69. The molecule has 4 aliphatic heterocycles. The van der Waals surface area contributed by atoms with Crippen molar-refractivity contribution < 1.29 is 0 Å². The number of anilines is 1. The fraction of sp³-hybridized carbons (Fsp3) is 0.486. The summed E-state index contributed by atoms with van der Waals surface area (Å²) in [4.78, 5) is 15.4. The molecule has 39 heavy (non-hydrogen) atoms. The third-order valence-corrected chi connectivity index (χ3v) is 10.2. The van der Waals surface area contributed by atoms with Crippen LogP contribution >= 0.6 is 0 Å². The van der Waals surface area contributed by atoms with Gasteiger partial charge in [-0.15, -0.1) is 0 Å². The van der Waals surface area contributed by atoms with Crippen LogP contribution in [0, 0.1) is 5.92 Å². The molecule has 5 atom stereocenters. The summed E-state index contributed by atoms with van der Waals surface area (Å²) in [5, 5.41) is 0. The zero-order valence-corrected chi connectivity index (χ0v) is 23.8. The SMILES string of the molecule is CCN1CCC2c3cc(C4C=C5C=CC=CC56N=C5CCC(C)C/C=N\C=C/C5=C6C4)ccc3N(CC)C2C1. The summed E-state index contributed by atoms with van der Waals surface area (Å²) in [6, 6.07) is 8.06. The second kappa shape index (κ2) is 9.89. The number of allylic oxidation sites excluding steroid dienone is 5. The van der Waals surface area contributed by atoms with E-state index in [-0.39, 0.29) is 5.54 Å². The topological polar surface area (TPSA) is 31.2 Å². The number of aliphatic imine (C=N–C) groups is 2. The van der Waals surface area contributed by atoms with E-state index in [4.69, 9.17) is 4.99 Å². The normalized spacial score (nSPS) is 34.9. The van der Waals surface area contributed by atoms with Gasteiger partial charge in [-0.1, -0.05) is 50.3 Å². The maximum Gasteiger partial charge on any atom is 0.126 e. The molecule has 0 amide bonds. The summed E-state index contributed by atoms with van der Waals surface area (Å²) in [5.74, 6) is 1.64. The fourth-order valence-electron chi connectivity index (χ4n) is 8.05. The average molecular weight is 519 g/mol. The van der Waals surface area contributed by atoms with E-state index in [9.17, 15) is 0 Å². The average Bonchev–Trinajstić information content (AvgIpc) is 3.45. The van der Waals surface area contributed by atoms with Gasteiger partial charge >= 0.3 is 0 Å². The first-order valence-corrected chi connectivity index (χ1v) is 15.3. The number of likely N-dealkylation sites (N-methyl/N-ethyl adjacent to an activating group) is 2. The Morgan fingerprint density at radius 3 is 2.87 bits per heavy atom. The Kier molecular flexibility index (Phi) is 6.34. The molecule has 6 aliphatic rings. The lowest BCUT2D eigenvalue weighted by Crippen LogP contribution is -2.48. The van der Waals surface area contributed by atoms with E-state index in [1.807, 2.05) is 6.20 Å². The molecule has 2 aliphatic carbocycles. The second-order valence-electron chi connectivity index (χ2n) is 12.4. The number of hydrogen-bond acceptors (Lipinski definition) is 4. The molecule has 4 heterocycles. The molecule has 1 aromatic carbocycles. The van der Waals surface area contributed by atoms with E-state index in [0.717, 1.165) is 38.8 Å². The maximum absolute atomic E-state index is 5.49. The Balaban J connectivity index is 1.28. The Morgan fingerprint density at radius 2 is 2.00 bits per heavy atom. The zero-order valence-electron chi connectivity index (χ0n) is 23.8. The smallest absolute Gasteiger partial charge is 0.126 e. The highest BCUT2D eigenvalue weighted by Gasteiger charge is 2.46. The largest absolute Gasteiger partial charge is 0.367 e. The lowest BCUT2D eigenvalue weighted by Gasteiger charge is -2.38. The number of rotatable bonds is 3. The van der Waals surface area contributed by atoms with Crippen LogP contribution in [0.4, 0.5) is 5.69 Å². The van der Waals surface area contributed by atoms with Crippen molar-refractivity contribution in [1.82, 2.24) is 4.90 Å². The predicted octanol–water partition coefficient (Wildman–Crippen LogP) is 7.14. The molecule has 1 spiro atoms. The Morgan fingerprint density at radius 1 is 1.08 bits per heavy atom. The first kappa shape index (κ1) is 25.0. The van der Waals surface area contributed by atoms with Crippen LogP contribution in [0.1, 0.15) is 75.8 Å². The van der Waals surface area contributed by atoms with E-state index in [1.165, 1.54) is 53.2 Å². The molecule has 1 aromatic rings. The Hall–Kier alpha value is -2.98. The number of fused-ring (bicyclic) bond motifs is 4. The number of benzene rings is 1. The van der Waals surface area contributed by atoms with Crippen molar-refractivity contribution in [3.05, 3.63) is 88.7 Å². The van der Waals surface area contributed by atoms with Gasteiger partial charge in [0.05, 0.1) is 0 Å². The van der Waals surface area contributed by atoms with E-state index < -0.39 is 0 Å². The van der Waals surface area contributed by atoms with E-state index in [2.05, 4.69) is 96.4 Å². The summed E-state index contributed by atoms with van der Waals surface area (Å²) >= 11 is 0. The van der Waals surface area contributed by atoms with Crippen LogP contribution < -0.4 is 4.90 Å². The van der Waals surface area contributed by atoms with Gasteiger partial charge in [0.25, 0.3) is 0 Å². The Labute approximate surface area is 234 Å². The van der Waals surface area contributed by atoms with Gasteiger partial charge in [0.2, 0.25) is 0 Å². The van der Waals surface area contributed by atoms with Gasteiger partial charge in [-0.25, -0.2) is 0 Å². The van der Waals surface area contributed by atoms with Crippen molar-refractivity contribution in [2.45, 2.75) is 76.3 Å². The minimum atomic E-state index is -0.324. The van der Waals surface area contributed by atoms with E-state index in [0.29, 0.717) is 23.8 Å². The van der Waals surface area contributed by atoms with Crippen LogP contribution in [0.2, 0.25) is 0 Å². The molecule has 0 saturated carbocycles. The summed E-state index contributed by atoms with van der Waals surface area (Å²) in [7, 11) is 0. The molecule has 5 unspecified atom stereocenters. The van der Waals surface area contributed by atoms with Crippen LogP contribution in [0.25, 0.3) is 0 Å². The summed E-state index contributed by atoms with van der Waals surface area (Å²) in [5.41, 5.74) is 9.62. The number of nitrogens with zero attached hydrogens (tertiary/aromatic N) is 4. The first-order chi connectivity index (χ1) is 19.1. The van der Waals surface area contributed by atoms with Gasteiger partial charge in [0, 0.05) is 54.8 Å². The van der Waals surface area contributed by atoms with Crippen molar-refractivity contribution in [3.8, 4) is 0 Å². The van der Waals surface area contributed by atoms with Gasteiger partial charge in [-0.3, -0.25) is 9.98 Å². The van der Waals surface area contributed by atoms with Gasteiger partial charge in [-0.2, -0.15) is 0 Å². The molecule has 7 rings (SSSR count). The molecule has 0 aromatic heterocycles. The lowest BCUT2D eigenvalue weighted by molar-refractivity contribution is 0.202. The highest BCUT2D eigenvalue weighted by atomic mass is 15.3. The van der Waals surface area contributed by atoms with Crippen molar-refractivity contribution in [2.24, 2.45) is 15.9 Å². The molecular formula is C35H42N4. The van der Waals surface area contributed by atoms with Gasteiger partial charge in [0.1, 0.15) is 5.54 Å². The highest BCUT2D eigenvalue weighted by Crippen LogP contribution is 2.52. The predicted molar refractivity (Wildman–Crippen MR) is 164 cm³/mol. The van der Waals surface area contributed by atoms with Crippen molar-refractivity contribution >= 4 is 17.6 Å². The van der Waals surface area contributed by atoms with Crippen LogP contribution in [0.3, 0.4) is 0 Å². The fourth-order valence-corrected chi connectivity index (χ4v) is 8.05. The molecule has 0 bridgehead atoms. The summed E-state index contributed by atoms with van der Waals surface area (Å²) < 4.78 is 0.